The molecule has 104 valence electrons. The van der Waals surface area contributed by atoms with Crippen molar-refractivity contribution in [3.05, 3.63) is 0 Å². The third-order valence-electron chi connectivity index (χ3n) is 2.46. The van der Waals surface area contributed by atoms with Gasteiger partial charge < -0.3 is 19.5 Å². The van der Waals surface area contributed by atoms with Crippen LogP contribution in [-0.2, 0) is 19.0 Å². The van der Waals surface area contributed by atoms with Crippen molar-refractivity contribution in [1.82, 2.24) is 5.32 Å². The van der Waals surface area contributed by atoms with Crippen LogP contribution in [0, 0.1) is 0 Å². The highest BCUT2D eigenvalue weighted by Gasteiger charge is 2.29. The Bertz CT molecular complexity index is 302. The fourth-order valence-electron chi connectivity index (χ4n) is 1.66. The number of esters is 1. The maximum Gasteiger partial charge on any atom is 0.407 e. The van der Waals surface area contributed by atoms with E-state index >= 15 is 0 Å². The van der Waals surface area contributed by atoms with Gasteiger partial charge in [0.15, 0.2) is 6.10 Å². The normalized spacial score (nSPS) is 24.2. The molecule has 1 heterocycles. The molecule has 1 N–H and O–H groups in total. The van der Waals surface area contributed by atoms with Gasteiger partial charge in [-0.2, -0.15) is 0 Å². The van der Waals surface area contributed by atoms with Crippen LogP contribution in [0.2, 0.25) is 0 Å². The number of hydrogen-bond donors (Lipinski definition) is 1. The molecule has 1 saturated heterocycles. The first-order valence-electron chi connectivity index (χ1n) is 6.01. The fraction of sp³-hybridized carbons (Fsp3) is 0.833. The standard InChI is InChI=1S/C12H21NO5/c1-12(2,3)18-11(15)13-8-5-6-9(17-7-8)10(14)16-4/h8-9H,5-7H2,1-4H3,(H,13,15)/t8-,9-/m1/s1. The average Bonchev–Trinajstić information content (AvgIpc) is 2.26. The molecular weight excluding hydrogens is 238 g/mol. The van der Waals surface area contributed by atoms with Gasteiger partial charge >= 0.3 is 12.1 Å². The van der Waals surface area contributed by atoms with E-state index in [1.54, 1.807) is 20.8 Å². The lowest BCUT2D eigenvalue weighted by atomic mass is 10.1. The lowest BCUT2D eigenvalue weighted by Crippen LogP contribution is -2.46. The van der Waals surface area contributed by atoms with Crippen LogP contribution in [0.5, 0.6) is 0 Å². The monoisotopic (exact) mass is 259 g/mol. The second kappa shape index (κ2) is 6.04. The Morgan fingerprint density at radius 3 is 2.39 bits per heavy atom. The Hall–Kier alpha value is -1.30. The molecule has 1 aliphatic rings. The molecule has 0 aromatic rings. The van der Waals surface area contributed by atoms with Gasteiger partial charge in [0.2, 0.25) is 0 Å². The minimum absolute atomic E-state index is 0.124. The second-order valence-corrected chi connectivity index (χ2v) is 5.27. The van der Waals surface area contributed by atoms with E-state index in [1.807, 2.05) is 0 Å². The van der Waals surface area contributed by atoms with Crippen LogP contribution >= 0.6 is 0 Å². The molecule has 1 amide bonds. The van der Waals surface area contributed by atoms with Gasteiger partial charge in [0, 0.05) is 0 Å². The Labute approximate surface area is 107 Å². The predicted molar refractivity (Wildman–Crippen MR) is 64.1 cm³/mol. The second-order valence-electron chi connectivity index (χ2n) is 5.27. The number of carbonyl (C=O) groups is 2. The maximum absolute atomic E-state index is 11.5. The van der Waals surface area contributed by atoms with Crippen molar-refractivity contribution in [1.29, 1.82) is 0 Å². The zero-order chi connectivity index (χ0) is 13.8. The third kappa shape index (κ3) is 4.91. The lowest BCUT2D eigenvalue weighted by Gasteiger charge is -2.29. The summed E-state index contributed by atoms with van der Waals surface area (Å²) in [7, 11) is 1.33. The van der Waals surface area contributed by atoms with Crippen LogP contribution in [-0.4, -0.2) is 43.5 Å². The van der Waals surface area contributed by atoms with E-state index in [1.165, 1.54) is 7.11 Å². The van der Waals surface area contributed by atoms with E-state index in [9.17, 15) is 9.59 Å². The summed E-state index contributed by atoms with van der Waals surface area (Å²) in [5, 5.41) is 2.71. The van der Waals surface area contributed by atoms with Crippen LogP contribution in [0.15, 0.2) is 0 Å². The van der Waals surface area contributed by atoms with Gasteiger partial charge in [-0.25, -0.2) is 9.59 Å². The molecule has 0 saturated carbocycles. The van der Waals surface area contributed by atoms with E-state index in [4.69, 9.17) is 9.47 Å². The van der Waals surface area contributed by atoms with Crippen molar-refractivity contribution in [3.8, 4) is 0 Å². The van der Waals surface area contributed by atoms with Gasteiger partial charge in [0.05, 0.1) is 19.8 Å². The summed E-state index contributed by atoms with van der Waals surface area (Å²) >= 11 is 0. The zero-order valence-electron chi connectivity index (χ0n) is 11.3. The van der Waals surface area contributed by atoms with Crippen LogP contribution in [0.1, 0.15) is 33.6 Å². The number of methoxy groups -OCH3 is 1. The number of carbonyl (C=O) groups excluding carboxylic acids is 2. The molecule has 1 rings (SSSR count). The molecule has 0 unspecified atom stereocenters. The van der Waals surface area contributed by atoms with Crippen molar-refractivity contribution in [2.24, 2.45) is 0 Å². The number of amides is 1. The number of rotatable bonds is 2. The van der Waals surface area contributed by atoms with Crippen molar-refractivity contribution in [2.45, 2.75) is 51.4 Å². The quantitative estimate of drug-likeness (QED) is 0.755. The first-order valence-corrected chi connectivity index (χ1v) is 6.01. The third-order valence-corrected chi connectivity index (χ3v) is 2.46. The summed E-state index contributed by atoms with van der Waals surface area (Å²) in [5.41, 5.74) is -0.520. The highest BCUT2D eigenvalue weighted by Crippen LogP contribution is 2.15. The Kier molecular flexibility index (Phi) is 4.95. The number of ether oxygens (including phenoxy) is 3. The number of nitrogens with one attached hydrogen (secondary N) is 1. The Morgan fingerprint density at radius 1 is 1.28 bits per heavy atom. The molecule has 0 radical (unpaired) electrons. The molecule has 1 fully saturated rings. The molecule has 0 aromatic heterocycles. The van der Waals surface area contributed by atoms with Crippen LogP contribution in [0.4, 0.5) is 4.79 Å². The number of alkyl carbamates (subject to hydrolysis) is 1. The van der Waals surface area contributed by atoms with Gasteiger partial charge in [-0.1, -0.05) is 0 Å². The molecule has 1 aliphatic heterocycles. The van der Waals surface area contributed by atoms with Gasteiger partial charge in [-0.15, -0.1) is 0 Å². The van der Waals surface area contributed by atoms with E-state index in [2.05, 4.69) is 10.1 Å². The predicted octanol–water partition coefficient (Wildman–Crippen LogP) is 1.23. The summed E-state index contributed by atoms with van der Waals surface area (Å²) in [4.78, 5) is 22.7. The van der Waals surface area contributed by atoms with Crippen molar-refractivity contribution >= 4 is 12.1 Å². The summed E-state index contributed by atoms with van der Waals surface area (Å²) in [5.74, 6) is -0.370. The van der Waals surface area contributed by atoms with Gasteiger partial charge in [-0.3, -0.25) is 0 Å². The molecule has 18 heavy (non-hydrogen) atoms. The molecule has 6 heteroatoms. The first kappa shape index (κ1) is 14.8. The zero-order valence-corrected chi connectivity index (χ0v) is 11.3. The van der Waals surface area contributed by atoms with Crippen molar-refractivity contribution in [3.63, 3.8) is 0 Å². The highest BCUT2D eigenvalue weighted by atomic mass is 16.6. The van der Waals surface area contributed by atoms with Crippen molar-refractivity contribution < 1.29 is 23.8 Å². The topological polar surface area (TPSA) is 73.9 Å². The van der Waals surface area contributed by atoms with Gasteiger partial charge in [0.1, 0.15) is 5.60 Å². The molecule has 0 aromatic carbocycles. The van der Waals surface area contributed by atoms with E-state index in [0.717, 1.165) is 0 Å². The molecular formula is C12H21NO5. The minimum Gasteiger partial charge on any atom is -0.467 e. The lowest BCUT2D eigenvalue weighted by molar-refractivity contribution is -0.157. The van der Waals surface area contributed by atoms with Crippen molar-refractivity contribution in [2.75, 3.05) is 13.7 Å². The Balaban J connectivity index is 2.31. The molecule has 0 bridgehead atoms. The summed E-state index contributed by atoms with van der Waals surface area (Å²) in [6.07, 6.45) is 0.214. The minimum atomic E-state index is -0.522. The SMILES string of the molecule is COC(=O)[C@H]1CC[C@@H](NC(=O)OC(C)(C)C)CO1. The van der Waals surface area contributed by atoms with E-state index in [0.29, 0.717) is 19.4 Å². The maximum atomic E-state index is 11.5. The fourth-order valence-corrected chi connectivity index (χ4v) is 1.66. The number of hydrogen-bond acceptors (Lipinski definition) is 5. The van der Waals surface area contributed by atoms with Crippen LogP contribution in [0.3, 0.4) is 0 Å². The Morgan fingerprint density at radius 2 is 1.94 bits per heavy atom. The average molecular weight is 259 g/mol. The molecule has 2 atom stereocenters. The van der Waals surface area contributed by atoms with Crippen LogP contribution in [0.25, 0.3) is 0 Å². The summed E-state index contributed by atoms with van der Waals surface area (Å²) < 4.78 is 15.1. The largest absolute Gasteiger partial charge is 0.467 e. The first-order chi connectivity index (χ1) is 8.31. The molecule has 0 spiro atoms. The molecule has 0 aliphatic carbocycles. The van der Waals surface area contributed by atoms with Gasteiger partial charge in [-0.05, 0) is 33.6 Å². The summed E-state index contributed by atoms with van der Waals surface area (Å²) in [6.45, 7) is 5.70. The smallest absolute Gasteiger partial charge is 0.407 e. The highest BCUT2D eigenvalue weighted by molar-refractivity contribution is 5.74. The van der Waals surface area contributed by atoms with E-state index < -0.39 is 17.8 Å². The van der Waals surface area contributed by atoms with Gasteiger partial charge in [0.25, 0.3) is 0 Å². The van der Waals surface area contributed by atoms with E-state index in [-0.39, 0.29) is 12.0 Å². The molecule has 6 nitrogen and oxygen atoms in total. The van der Waals surface area contributed by atoms with Crippen LogP contribution < -0.4 is 5.32 Å². The summed E-state index contributed by atoms with van der Waals surface area (Å²) in [6, 6.07) is -0.124.